The first-order valence-electron chi connectivity index (χ1n) is 15.6. The van der Waals surface area contributed by atoms with Gasteiger partial charge in [0.05, 0.1) is 38.1 Å². The van der Waals surface area contributed by atoms with Crippen LogP contribution < -0.4 is 15.8 Å². The molecule has 0 amide bonds. The topological polar surface area (TPSA) is 108 Å². The van der Waals surface area contributed by atoms with Crippen molar-refractivity contribution in [3.05, 3.63) is 81.3 Å². The molecule has 0 bridgehead atoms. The molecule has 1 aliphatic carbocycles. The number of benzene rings is 1. The summed E-state index contributed by atoms with van der Waals surface area (Å²) in [4.78, 5) is 33.2. The maximum absolute atomic E-state index is 13.3. The van der Waals surface area contributed by atoms with Gasteiger partial charge >= 0.3 is 0 Å². The molecule has 0 spiro atoms. The first-order valence-corrected chi connectivity index (χ1v) is 15.6. The predicted octanol–water partition coefficient (Wildman–Crippen LogP) is 3.07. The molecule has 1 fully saturated rings. The van der Waals surface area contributed by atoms with Crippen molar-refractivity contribution >= 4 is 23.0 Å². The van der Waals surface area contributed by atoms with Crippen molar-refractivity contribution in [2.24, 2.45) is 7.05 Å². The molecular formula is C33H37N7O4. The number of pyridine rings is 1. The van der Waals surface area contributed by atoms with Crippen LogP contribution >= 0.6 is 0 Å². The minimum Gasteiger partial charge on any atom is -0.392 e. The van der Waals surface area contributed by atoms with Crippen LogP contribution in [0.3, 0.4) is 0 Å². The van der Waals surface area contributed by atoms with E-state index in [0.29, 0.717) is 24.1 Å². The number of aliphatic hydroxyl groups excluding tert-OH is 1. The summed E-state index contributed by atoms with van der Waals surface area (Å²) in [6.45, 7) is 5.36. The van der Waals surface area contributed by atoms with Gasteiger partial charge in [0.1, 0.15) is 11.4 Å². The third-order valence-electron chi connectivity index (χ3n) is 9.74. The number of nitrogens with one attached hydrogen (secondary N) is 1. The molecule has 11 heteroatoms. The number of anilines is 3. The van der Waals surface area contributed by atoms with Gasteiger partial charge in [0.2, 0.25) is 5.78 Å². The van der Waals surface area contributed by atoms with Crippen LogP contribution in [0.5, 0.6) is 0 Å². The average Bonchev–Trinajstić information content (AvgIpc) is 3.55. The fraction of sp³-hybridized carbons (Fsp3) is 0.424. The molecule has 0 saturated carbocycles. The molecule has 3 aromatic rings. The van der Waals surface area contributed by atoms with E-state index in [-0.39, 0.29) is 17.9 Å². The highest BCUT2D eigenvalue weighted by molar-refractivity contribution is 6.11. The smallest absolute Gasteiger partial charge is 0.274 e. The molecule has 228 valence electrons. The van der Waals surface area contributed by atoms with Gasteiger partial charge in [-0.2, -0.15) is 5.10 Å². The third kappa shape index (κ3) is 4.49. The highest BCUT2D eigenvalue weighted by Crippen LogP contribution is 2.41. The van der Waals surface area contributed by atoms with Crippen LogP contribution in [0, 0.1) is 0 Å². The van der Waals surface area contributed by atoms with E-state index >= 15 is 0 Å². The molecule has 2 N–H and O–H groups in total. The molecule has 11 nitrogen and oxygen atoms in total. The Hall–Kier alpha value is -4.19. The first kappa shape index (κ1) is 27.4. The summed E-state index contributed by atoms with van der Waals surface area (Å²) in [5.41, 5.74) is 7.55. The third-order valence-corrected chi connectivity index (χ3v) is 9.74. The number of hydrogen-bond donors (Lipinski definition) is 2. The summed E-state index contributed by atoms with van der Waals surface area (Å²) in [5.74, 6) is 0.782. The standard InChI is InChI=1S/C33H37N7O4/c1-36-15-21(13-27(33(36)43)34-31-14-22-16-37(23-19-44-20-23)10-12-40(22)35-31)24-6-4-8-28(26(24)18-41)38-9-11-39-29-7-3-2-5-25(29)32(42)30(39)17-38/h4,6,8,13-15,17,23,41H,2-3,5,7,9-12,16,18-20H2,1H3,(H,34,35). The zero-order valence-electron chi connectivity index (χ0n) is 25.0. The zero-order chi connectivity index (χ0) is 29.9. The maximum atomic E-state index is 13.3. The molecular weight excluding hydrogens is 558 g/mol. The molecule has 5 aliphatic rings. The predicted molar refractivity (Wildman–Crippen MR) is 166 cm³/mol. The van der Waals surface area contributed by atoms with E-state index in [2.05, 4.69) is 20.0 Å². The van der Waals surface area contributed by atoms with E-state index in [9.17, 15) is 14.7 Å². The first-order chi connectivity index (χ1) is 21.5. The van der Waals surface area contributed by atoms with Crippen molar-refractivity contribution in [2.45, 2.75) is 51.4 Å². The van der Waals surface area contributed by atoms with Gasteiger partial charge < -0.3 is 29.5 Å². The van der Waals surface area contributed by atoms with Crippen LogP contribution in [0.1, 0.15) is 36.9 Å². The van der Waals surface area contributed by atoms with Crippen LogP contribution in [0.2, 0.25) is 0 Å². The summed E-state index contributed by atoms with van der Waals surface area (Å²) in [6.07, 6.45) is 7.78. The Balaban J connectivity index is 1.09. The number of allylic oxidation sites excluding steroid dienone is 2. The van der Waals surface area contributed by atoms with Crippen molar-refractivity contribution in [3.8, 4) is 11.1 Å². The minimum absolute atomic E-state index is 0.144. The molecule has 1 aromatic carbocycles. The lowest BCUT2D eigenvalue weighted by Crippen LogP contribution is -2.51. The lowest BCUT2D eigenvalue weighted by atomic mass is 9.96. The summed E-state index contributed by atoms with van der Waals surface area (Å²) in [5, 5.41) is 18.7. The lowest BCUT2D eigenvalue weighted by Gasteiger charge is -2.39. The Labute approximate surface area is 255 Å². The highest BCUT2D eigenvalue weighted by atomic mass is 16.5. The van der Waals surface area contributed by atoms with Gasteiger partial charge in [0.25, 0.3) is 5.56 Å². The summed E-state index contributed by atoms with van der Waals surface area (Å²) in [7, 11) is 1.74. The Morgan fingerprint density at radius 2 is 1.93 bits per heavy atom. The number of nitrogens with zero attached hydrogens (tertiary/aromatic N) is 6. The number of hydrogen-bond acceptors (Lipinski definition) is 9. The second-order valence-corrected chi connectivity index (χ2v) is 12.4. The molecule has 0 atom stereocenters. The minimum atomic E-state index is -0.181. The van der Waals surface area contributed by atoms with Gasteiger partial charge in [-0.15, -0.1) is 0 Å². The Morgan fingerprint density at radius 1 is 1.07 bits per heavy atom. The van der Waals surface area contributed by atoms with Gasteiger partial charge in [-0.05, 0) is 43.4 Å². The number of aryl methyl sites for hydroxylation is 1. The molecule has 1 saturated heterocycles. The van der Waals surface area contributed by atoms with Crippen LogP contribution in [-0.4, -0.2) is 73.9 Å². The number of ketones is 1. The Morgan fingerprint density at radius 3 is 2.75 bits per heavy atom. The fourth-order valence-electron chi connectivity index (χ4n) is 7.31. The van der Waals surface area contributed by atoms with E-state index < -0.39 is 0 Å². The normalized spacial score (nSPS) is 20.3. The van der Waals surface area contributed by atoms with Crippen LogP contribution in [0.15, 0.2) is 64.5 Å². The van der Waals surface area contributed by atoms with E-state index in [1.54, 1.807) is 17.8 Å². The van der Waals surface area contributed by atoms with Crippen LogP contribution in [-0.2, 0) is 36.3 Å². The highest BCUT2D eigenvalue weighted by Gasteiger charge is 2.38. The van der Waals surface area contributed by atoms with Gasteiger partial charge in [-0.25, -0.2) is 0 Å². The van der Waals surface area contributed by atoms with Crippen molar-refractivity contribution in [1.82, 2.24) is 24.1 Å². The number of aromatic nitrogens is 3. The average molecular weight is 596 g/mol. The number of carbonyl (C=O) groups is 1. The Bertz CT molecular complexity index is 1780. The summed E-state index contributed by atoms with van der Waals surface area (Å²) < 4.78 is 8.95. The monoisotopic (exact) mass is 595 g/mol. The van der Waals surface area contributed by atoms with E-state index in [1.165, 1.54) is 5.70 Å². The summed E-state index contributed by atoms with van der Waals surface area (Å²) in [6, 6.07) is 10.3. The number of fused-ring (bicyclic) bond motifs is 3. The number of carbonyl (C=O) groups excluding carboxylic acids is 1. The van der Waals surface area contributed by atoms with Crippen molar-refractivity contribution in [2.75, 3.05) is 43.1 Å². The van der Waals surface area contributed by atoms with Gasteiger partial charge in [0, 0.05) is 79.8 Å². The maximum Gasteiger partial charge on any atom is 0.274 e. The Kier molecular flexibility index (Phi) is 6.69. The lowest BCUT2D eigenvalue weighted by molar-refractivity contribution is -0.112. The van der Waals surface area contributed by atoms with Crippen molar-refractivity contribution < 1.29 is 14.6 Å². The van der Waals surface area contributed by atoms with E-state index in [0.717, 1.165) is 104 Å². The fourth-order valence-corrected chi connectivity index (χ4v) is 7.31. The quantitative estimate of drug-likeness (QED) is 0.445. The van der Waals surface area contributed by atoms with Gasteiger partial charge in [-0.3, -0.25) is 19.2 Å². The molecule has 8 rings (SSSR count). The molecule has 44 heavy (non-hydrogen) atoms. The molecule has 6 heterocycles. The van der Waals surface area contributed by atoms with Crippen molar-refractivity contribution in [1.29, 1.82) is 0 Å². The second-order valence-electron chi connectivity index (χ2n) is 12.4. The molecule has 4 aliphatic heterocycles. The summed E-state index contributed by atoms with van der Waals surface area (Å²) >= 11 is 0. The number of rotatable bonds is 6. The van der Waals surface area contributed by atoms with Crippen LogP contribution in [0.4, 0.5) is 17.2 Å². The zero-order valence-corrected chi connectivity index (χ0v) is 25.0. The largest absolute Gasteiger partial charge is 0.392 e. The number of ether oxygens (including phenoxy) is 1. The second kappa shape index (κ2) is 10.8. The van der Waals surface area contributed by atoms with E-state index in [4.69, 9.17) is 9.84 Å². The van der Waals surface area contributed by atoms with Crippen LogP contribution in [0.25, 0.3) is 11.1 Å². The molecule has 0 radical (unpaired) electrons. The number of aliphatic hydroxyl groups is 1. The van der Waals surface area contributed by atoms with Gasteiger partial charge in [0.15, 0.2) is 5.82 Å². The molecule has 2 aromatic heterocycles. The number of Topliss-reactive ketones (excluding diaryl/α,β-unsaturated/α-hetero) is 1. The SMILES string of the molecule is Cn1cc(-c2cccc(N3C=C4C(=O)C5=C(CCCC5)N4CC3)c2CO)cc(Nc2cc3n(n2)CCN(C2COC2)C3)c1=O. The van der Waals surface area contributed by atoms with E-state index in [1.807, 2.05) is 41.2 Å². The molecule has 0 unspecified atom stereocenters. The van der Waals surface area contributed by atoms with Crippen molar-refractivity contribution in [3.63, 3.8) is 0 Å². The van der Waals surface area contributed by atoms with Gasteiger partial charge in [-0.1, -0.05) is 12.1 Å².